The average Bonchev–Trinajstić information content (AvgIpc) is 2.93. The Morgan fingerprint density at radius 1 is 1.17 bits per heavy atom. The van der Waals surface area contributed by atoms with E-state index in [4.69, 9.17) is 11.6 Å². The van der Waals surface area contributed by atoms with Crippen molar-refractivity contribution in [1.29, 1.82) is 0 Å². The monoisotopic (exact) mass is 414 g/mol. The lowest BCUT2D eigenvalue weighted by Gasteiger charge is -2.43. The van der Waals surface area contributed by atoms with Crippen molar-refractivity contribution < 1.29 is 5.11 Å². The minimum atomic E-state index is -0.550. The summed E-state index contributed by atoms with van der Waals surface area (Å²) in [6.07, 6.45) is 5.41. The normalized spacial score (nSPS) is 23.1. The molecule has 140 valence electrons. The lowest BCUT2D eigenvalue weighted by Crippen LogP contribution is -2.49. The summed E-state index contributed by atoms with van der Waals surface area (Å²) in [5, 5.41) is 13.4. The maximum Gasteiger partial charge on any atom is 0.0931 e. The molecule has 1 atom stereocenters. The highest BCUT2D eigenvalue weighted by atomic mass is 35.5. The molecule has 7 heteroatoms. The third-order valence-electron chi connectivity index (χ3n) is 5.39. The number of hydrogen-bond donors (Lipinski definition) is 1. The fourth-order valence-electron chi connectivity index (χ4n) is 3.89. The molecule has 0 bridgehead atoms. The predicted octanol–water partition coefficient (Wildman–Crippen LogP) is 4.27. The van der Waals surface area contributed by atoms with Crippen molar-refractivity contribution in [1.82, 2.24) is 9.80 Å². The Labute approximate surface area is 167 Å². The van der Waals surface area contributed by atoms with E-state index in [0.717, 1.165) is 62.7 Å². The van der Waals surface area contributed by atoms with E-state index in [2.05, 4.69) is 28.3 Å². The number of likely N-dealkylation sites (N-methyl/N-ethyl adjacent to an activating group) is 1. The van der Waals surface area contributed by atoms with Crippen molar-refractivity contribution in [3.63, 3.8) is 0 Å². The number of rotatable bonds is 4. The van der Waals surface area contributed by atoms with Crippen LogP contribution in [0.25, 0.3) is 0 Å². The number of piperazine rings is 1. The minimum Gasteiger partial charge on any atom is -0.389 e. The molecule has 0 aromatic carbocycles. The van der Waals surface area contributed by atoms with Crippen molar-refractivity contribution in [2.24, 2.45) is 0 Å². The zero-order valence-electron chi connectivity index (χ0n) is 14.2. The van der Waals surface area contributed by atoms with Gasteiger partial charge >= 0.3 is 0 Å². The van der Waals surface area contributed by atoms with Gasteiger partial charge in [-0.3, -0.25) is 0 Å². The molecule has 1 saturated heterocycles. The maximum atomic E-state index is 11.3. The van der Waals surface area contributed by atoms with Gasteiger partial charge in [0.05, 0.1) is 9.94 Å². The third-order valence-corrected chi connectivity index (χ3v) is 6.50. The molecule has 3 nitrogen and oxygen atoms in total. The van der Waals surface area contributed by atoms with E-state index in [1.807, 2.05) is 0 Å². The number of aliphatic hydroxyl groups is 1. The molecule has 1 aliphatic carbocycles. The first kappa shape index (κ1) is 22.5. The van der Waals surface area contributed by atoms with Crippen LogP contribution in [0.15, 0.2) is 11.4 Å². The average molecular weight is 416 g/mol. The van der Waals surface area contributed by atoms with E-state index in [1.54, 1.807) is 11.3 Å². The molecule has 0 amide bonds. The van der Waals surface area contributed by atoms with E-state index >= 15 is 0 Å². The van der Waals surface area contributed by atoms with Crippen LogP contribution in [0.5, 0.6) is 0 Å². The van der Waals surface area contributed by atoms with Crippen LogP contribution in [0.2, 0.25) is 4.34 Å². The Kier molecular flexibility index (Phi) is 9.33. The summed E-state index contributed by atoms with van der Waals surface area (Å²) in [4.78, 5) is 4.89. The molecule has 2 aliphatic rings. The van der Waals surface area contributed by atoms with Crippen LogP contribution in [-0.2, 0) is 0 Å². The Bertz CT molecular complexity index is 486. The lowest BCUT2D eigenvalue weighted by molar-refractivity contribution is -0.0335. The van der Waals surface area contributed by atoms with Crippen LogP contribution in [-0.4, -0.2) is 60.3 Å². The summed E-state index contributed by atoms with van der Waals surface area (Å²) < 4.78 is 0.831. The molecular formula is C17H29Cl3N2OS. The molecule has 0 radical (unpaired) electrons. The summed E-state index contributed by atoms with van der Waals surface area (Å²) in [5.41, 5.74) is 0.685. The Balaban J connectivity index is 0.00000144. The quantitative estimate of drug-likeness (QED) is 0.795. The van der Waals surface area contributed by atoms with E-state index in [-0.39, 0.29) is 30.7 Å². The largest absolute Gasteiger partial charge is 0.389 e. The number of nitrogens with zero attached hydrogens (tertiary/aromatic N) is 2. The Morgan fingerprint density at radius 3 is 2.33 bits per heavy atom. The molecule has 2 fully saturated rings. The molecule has 1 aromatic rings. The molecule has 1 N–H and O–H groups in total. The van der Waals surface area contributed by atoms with Gasteiger partial charge in [-0.25, -0.2) is 0 Å². The summed E-state index contributed by atoms with van der Waals surface area (Å²) in [6.45, 7) is 5.39. The van der Waals surface area contributed by atoms with E-state index < -0.39 is 5.60 Å². The summed E-state index contributed by atoms with van der Waals surface area (Å²) >= 11 is 7.75. The Hall–Kier alpha value is 0.450. The number of thiophene rings is 1. The van der Waals surface area contributed by atoms with Gasteiger partial charge in [-0.1, -0.05) is 30.9 Å². The third kappa shape index (κ3) is 5.47. The fraction of sp³-hybridized carbons (Fsp3) is 0.765. The van der Waals surface area contributed by atoms with Gasteiger partial charge in [0, 0.05) is 38.6 Å². The van der Waals surface area contributed by atoms with Crippen molar-refractivity contribution >= 4 is 47.8 Å². The molecule has 2 heterocycles. The van der Waals surface area contributed by atoms with Gasteiger partial charge in [-0.05, 0) is 36.9 Å². The number of hydrogen-bond acceptors (Lipinski definition) is 4. The van der Waals surface area contributed by atoms with E-state index in [9.17, 15) is 5.11 Å². The van der Waals surface area contributed by atoms with Crippen molar-refractivity contribution in [3.05, 3.63) is 21.3 Å². The van der Waals surface area contributed by atoms with Crippen LogP contribution >= 0.6 is 47.8 Å². The number of halogens is 3. The summed E-state index contributed by atoms with van der Waals surface area (Å²) in [5.74, 6) is 0.194. The van der Waals surface area contributed by atoms with E-state index in [0.29, 0.717) is 0 Å². The van der Waals surface area contributed by atoms with Gasteiger partial charge in [-0.15, -0.1) is 36.2 Å². The molecule has 1 aliphatic heterocycles. The van der Waals surface area contributed by atoms with Crippen molar-refractivity contribution in [3.8, 4) is 0 Å². The second-order valence-corrected chi connectivity index (χ2v) is 8.55. The Morgan fingerprint density at radius 2 is 1.79 bits per heavy atom. The standard InChI is InChI=1S/C17H27ClN2OS.2ClH/c1-19-7-9-20(10-8-19)12-15(14-11-16(18)22-13-14)17(21)5-3-2-4-6-17;;/h11,13,15,21H,2-10,12H2,1H3;2*1H/t15-;;/m1../s1. The van der Waals surface area contributed by atoms with Crippen molar-refractivity contribution in [2.75, 3.05) is 39.8 Å². The second kappa shape index (κ2) is 9.96. The first-order chi connectivity index (χ1) is 10.6. The molecule has 24 heavy (non-hydrogen) atoms. The van der Waals surface area contributed by atoms with Gasteiger partial charge in [-0.2, -0.15) is 0 Å². The highest BCUT2D eigenvalue weighted by molar-refractivity contribution is 7.14. The predicted molar refractivity (Wildman–Crippen MR) is 109 cm³/mol. The maximum absolute atomic E-state index is 11.3. The zero-order valence-corrected chi connectivity index (χ0v) is 17.5. The van der Waals surface area contributed by atoms with Crippen LogP contribution < -0.4 is 0 Å². The highest BCUT2D eigenvalue weighted by Crippen LogP contribution is 2.42. The van der Waals surface area contributed by atoms with E-state index in [1.165, 1.54) is 12.0 Å². The molecule has 1 saturated carbocycles. The minimum absolute atomic E-state index is 0. The first-order valence-corrected chi connectivity index (χ1v) is 9.70. The van der Waals surface area contributed by atoms with Gasteiger partial charge < -0.3 is 14.9 Å². The molecule has 3 rings (SSSR count). The van der Waals surface area contributed by atoms with Gasteiger partial charge in [0.25, 0.3) is 0 Å². The summed E-state index contributed by atoms with van der Waals surface area (Å²) in [6, 6.07) is 2.07. The lowest BCUT2D eigenvalue weighted by atomic mass is 9.73. The topological polar surface area (TPSA) is 26.7 Å². The molecule has 1 aromatic heterocycles. The first-order valence-electron chi connectivity index (χ1n) is 8.44. The fourth-order valence-corrected chi connectivity index (χ4v) is 4.84. The van der Waals surface area contributed by atoms with Crippen LogP contribution in [0.4, 0.5) is 0 Å². The molecule has 0 spiro atoms. The van der Waals surface area contributed by atoms with Crippen LogP contribution in [0.3, 0.4) is 0 Å². The summed E-state index contributed by atoms with van der Waals surface area (Å²) in [7, 11) is 2.18. The zero-order chi connectivity index (χ0) is 15.6. The van der Waals surface area contributed by atoms with Gasteiger partial charge in [0.1, 0.15) is 0 Å². The second-order valence-electron chi connectivity index (χ2n) is 7.00. The van der Waals surface area contributed by atoms with Crippen LogP contribution in [0.1, 0.15) is 43.6 Å². The van der Waals surface area contributed by atoms with Gasteiger partial charge in [0.2, 0.25) is 0 Å². The van der Waals surface area contributed by atoms with Gasteiger partial charge in [0.15, 0.2) is 0 Å². The van der Waals surface area contributed by atoms with Crippen LogP contribution in [0, 0.1) is 0 Å². The SMILES string of the molecule is CN1CCN(C[C@H](c2csc(Cl)c2)C2(O)CCCCC2)CC1.Cl.Cl. The smallest absolute Gasteiger partial charge is 0.0931 e. The van der Waals surface area contributed by atoms with Crippen molar-refractivity contribution in [2.45, 2.75) is 43.6 Å². The molecular weight excluding hydrogens is 387 g/mol. The molecule has 0 unspecified atom stereocenters. The highest BCUT2D eigenvalue weighted by Gasteiger charge is 2.40.